The lowest BCUT2D eigenvalue weighted by atomic mass is 9.87. The molecule has 6 heteroatoms. The van der Waals surface area contributed by atoms with Crippen molar-refractivity contribution in [1.29, 1.82) is 0 Å². The lowest BCUT2D eigenvalue weighted by Gasteiger charge is -2.30. The Labute approximate surface area is 115 Å². The van der Waals surface area contributed by atoms with E-state index < -0.39 is 0 Å². The highest BCUT2D eigenvalue weighted by molar-refractivity contribution is 5.85. The van der Waals surface area contributed by atoms with Crippen LogP contribution in [-0.2, 0) is 11.3 Å². The van der Waals surface area contributed by atoms with Crippen molar-refractivity contribution in [2.45, 2.75) is 39.8 Å². The number of aromatic nitrogens is 2. The number of carbonyl (C=O) groups is 1. The van der Waals surface area contributed by atoms with Crippen LogP contribution in [0.1, 0.15) is 27.2 Å². The van der Waals surface area contributed by atoms with Crippen LogP contribution in [0.15, 0.2) is 18.5 Å². The van der Waals surface area contributed by atoms with Crippen molar-refractivity contribution in [3.8, 4) is 0 Å². The monoisotopic (exact) mass is 274 g/mol. The third kappa shape index (κ3) is 5.51. The minimum atomic E-state index is -0.0177. The van der Waals surface area contributed by atoms with Gasteiger partial charge in [0.15, 0.2) is 0 Å². The summed E-state index contributed by atoms with van der Waals surface area (Å²) in [5.41, 5.74) is 5.65. The number of nitrogens with two attached hydrogens (primary N) is 1. The molecular formula is C12H23ClN4O. The molecule has 5 nitrogen and oxygen atoms in total. The zero-order valence-electron chi connectivity index (χ0n) is 11.2. The number of nitrogens with one attached hydrogen (secondary N) is 1. The number of carbonyl (C=O) groups excluding carboxylic acids is 1. The van der Waals surface area contributed by atoms with Crippen molar-refractivity contribution >= 4 is 18.3 Å². The van der Waals surface area contributed by atoms with Crippen LogP contribution in [0.5, 0.6) is 0 Å². The standard InChI is InChI=1S/C12H22N4O.ClH/c1-12(2,3)10(9-13)15-11(17)5-8-16-7-4-6-14-16;/h4,6-7,10H,5,8-9,13H2,1-3H3,(H,15,17);1H. The Morgan fingerprint density at radius 1 is 1.50 bits per heavy atom. The minimum Gasteiger partial charge on any atom is -0.352 e. The van der Waals surface area contributed by atoms with Crippen LogP contribution in [0.25, 0.3) is 0 Å². The number of rotatable bonds is 5. The lowest BCUT2D eigenvalue weighted by molar-refractivity contribution is -0.122. The summed E-state index contributed by atoms with van der Waals surface area (Å²) >= 11 is 0. The number of nitrogens with zero attached hydrogens (tertiary/aromatic N) is 2. The summed E-state index contributed by atoms with van der Waals surface area (Å²) in [7, 11) is 0. The van der Waals surface area contributed by atoms with Crippen LogP contribution in [0, 0.1) is 5.41 Å². The molecule has 1 rings (SSSR count). The maximum Gasteiger partial charge on any atom is 0.222 e. The molecule has 3 N–H and O–H groups in total. The Bertz CT molecular complexity index is 345. The fourth-order valence-corrected chi connectivity index (χ4v) is 1.54. The SMILES string of the molecule is CC(C)(C)C(CN)NC(=O)CCn1cccn1.Cl. The molecule has 0 spiro atoms. The second-order valence-corrected chi connectivity index (χ2v) is 5.24. The van der Waals surface area contributed by atoms with Crippen LogP contribution in [0.3, 0.4) is 0 Å². The van der Waals surface area contributed by atoms with Crippen molar-refractivity contribution in [3.63, 3.8) is 0 Å². The van der Waals surface area contributed by atoms with Crippen LogP contribution in [0.2, 0.25) is 0 Å². The Morgan fingerprint density at radius 3 is 2.61 bits per heavy atom. The number of hydrogen-bond acceptors (Lipinski definition) is 3. The second-order valence-electron chi connectivity index (χ2n) is 5.24. The average molecular weight is 275 g/mol. The molecule has 0 fully saturated rings. The van der Waals surface area contributed by atoms with Crippen LogP contribution in [0.4, 0.5) is 0 Å². The molecule has 0 bridgehead atoms. The van der Waals surface area contributed by atoms with E-state index in [1.807, 2.05) is 12.3 Å². The molecule has 0 aromatic carbocycles. The molecule has 1 atom stereocenters. The molecule has 0 aliphatic rings. The highest BCUT2D eigenvalue weighted by atomic mass is 35.5. The van der Waals surface area contributed by atoms with Gasteiger partial charge in [-0.25, -0.2) is 0 Å². The summed E-state index contributed by atoms with van der Waals surface area (Å²) in [6.45, 7) is 7.26. The van der Waals surface area contributed by atoms with Crippen LogP contribution >= 0.6 is 12.4 Å². The van der Waals surface area contributed by atoms with Crippen LogP contribution < -0.4 is 11.1 Å². The first-order valence-electron chi connectivity index (χ1n) is 5.90. The number of hydrogen-bond donors (Lipinski definition) is 2. The molecule has 18 heavy (non-hydrogen) atoms. The van der Waals surface area contributed by atoms with E-state index >= 15 is 0 Å². The summed E-state index contributed by atoms with van der Waals surface area (Å²) in [6.07, 6.45) is 3.97. The molecule has 0 saturated heterocycles. The average Bonchev–Trinajstić information content (AvgIpc) is 2.74. The Hall–Kier alpha value is -1.07. The highest BCUT2D eigenvalue weighted by Crippen LogP contribution is 2.18. The fraction of sp³-hybridized carbons (Fsp3) is 0.667. The van der Waals surface area contributed by atoms with E-state index in [9.17, 15) is 4.79 Å². The molecule has 1 aromatic heterocycles. The molecule has 0 aliphatic carbocycles. The normalized spacial score (nSPS) is 12.7. The van der Waals surface area contributed by atoms with E-state index in [1.54, 1.807) is 10.9 Å². The zero-order chi connectivity index (χ0) is 12.9. The summed E-state index contributed by atoms with van der Waals surface area (Å²) in [5.74, 6) is 0.0193. The van der Waals surface area contributed by atoms with Gasteiger partial charge >= 0.3 is 0 Å². The van der Waals surface area contributed by atoms with Gasteiger partial charge in [0.05, 0.1) is 0 Å². The molecule has 104 valence electrons. The van der Waals surface area contributed by atoms with Gasteiger partial charge in [-0.3, -0.25) is 9.48 Å². The topological polar surface area (TPSA) is 72.9 Å². The Balaban J connectivity index is 0.00000289. The van der Waals surface area contributed by atoms with Gasteiger partial charge < -0.3 is 11.1 Å². The zero-order valence-corrected chi connectivity index (χ0v) is 12.0. The van der Waals surface area contributed by atoms with Crippen molar-refractivity contribution in [2.24, 2.45) is 11.1 Å². The van der Waals surface area contributed by atoms with Gasteiger partial charge in [-0.15, -0.1) is 12.4 Å². The van der Waals surface area contributed by atoms with Gasteiger partial charge in [0.25, 0.3) is 0 Å². The van der Waals surface area contributed by atoms with E-state index in [0.29, 0.717) is 19.5 Å². The molecule has 0 saturated carbocycles. The predicted molar refractivity (Wildman–Crippen MR) is 74.5 cm³/mol. The Morgan fingerprint density at radius 2 is 2.17 bits per heavy atom. The van der Waals surface area contributed by atoms with E-state index in [4.69, 9.17) is 5.73 Å². The number of amides is 1. The summed E-state index contributed by atoms with van der Waals surface area (Å²) in [6, 6.07) is 1.85. The summed E-state index contributed by atoms with van der Waals surface area (Å²) in [5, 5.41) is 7.01. The van der Waals surface area contributed by atoms with Gasteiger partial charge in [-0.1, -0.05) is 20.8 Å². The van der Waals surface area contributed by atoms with E-state index in [1.165, 1.54) is 0 Å². The second kappa shape index (κ2) is 7.38. The quantitative estimate of drug-likeness (QED) is 0.847. The van der Waals surface area contributed by atoms with Crippen LogP contribution in [-0.4, -0.2) is 28.3 Å². The fourth-order valence-electron chi connectivity index (χ4n) is 1.54. The first-order chi connectivity index (χ1) is 7.93. The first kappa shape index (κ1) is 16.9. The third-order valence-corrected chi connectivity index (χ3v) is 2.74. The van der Waals surface area contributed by atoms with Crippen molar-refractivity contribution in [1.82, 2.24) is 15.1 Å². The van der Waals surface area contributed by atoms with E-state index in [0.717, 1.165) is 0 Å². The number of halogens is 1. The molecule has 1 unspecified atom stereocenters. The predicted octanol–water partition coefficient (Wildman–Crippen LogP) is 1.18. The Kier molecular flexibility index (Phi) is 6.94. The molecule has 1 amide bonds. The van der Waals surface area contributed by atoms with Crippen molar-refractivity contribution in [2.75, 3.05) is 6.54 Å². The highest BCUT2D eigenvalue weighted by Gasteiger charge is 2.24. The van der Waals surface area contributed by atoms with E-state index in [-0.39, 0.29) is 29.8 Å². The number of aryl methyl sites for hydroxylation is 1. The first-order valence-corrected chi connectivity index (χ1v) is 5.90. The third-order valence-electron chi connectivity index (χ3n) is 2.74. The van der Waals surface area contributed by atoms with Gasteiger partial charge in [0.1, 0.15) is 0 Å². The lowest BCUT2D eigenvalue weighted by Crippen LogP contribution is -2.48. The largest absolute Gasteiger partial charge is 0.352 e. The smallest absolute Gasteiger partial charge is 0.222 e. The maximum absolute atomic E-state index is 11.7. The molecular weight excluding hydrogens is 252 g/mol. The molecule has 0 radical (unpaired) electrons. The van der Waals surface area contributed by atoms with Gasteiger partial charge in [-0.2, -0.15) is 5.10 Å². The molecule has 1 aromatic rings. The molecule has 1 heterocycles. The van der Waals surface area contributed by atoms with Crippen molar-refractivity contribution in [3.05, 3.63) is 18.5 Å². The van der Waals surface area contributed by atoms with E-state index in [2.05, 4.69) is 31.2 Å². The van der Waals surface area contributed by atoms with Gasteiger partial charge in [0.2, 0.25) is 5.91 Å². The molecule has 0 aliphatic heterocycles. The maximum atomic E-state index is 11.7. The van der Waals surface area contributed by atoms with Gasteiger partial charge in [-0.05, 0) is 11.5 Å². The minimum absolute atomic E-state index is 0. The summed E-state index contributed by atoms with van der Waals surface area (Å²) in [4.78, 5) is 11.7. The van der Waals surface area contributed by atoms with Crippen molar-refractivity contribution < 1.29 is 4.79 Å². The van der Waals surface area contributed by atoms with Gasteiger partial charge in [0, 0.05) is 37.9 Å². The summed E-state index contributed by atoms with van der Waals surface area (Å²) < 4.78 is 1.74.